The van der Waals surface area contributed by atoms with Crippen LogP contribution in [0.2, 0.25) is 0 Å². The molecule has 0 fully saturated rings. The Bertz CT molecular complexity index is 1520. The lowest BCUT2D eigenvalue weighted by atomic mass is 10.1. The van der Waals surface area contributed by atoms with Crippen molar-refractivity contribution in [2.24, 2.45) is 0 Å². The summed E-state index contributed by atoms with van der Waals surface area (Å²) in [6.07, 6.45) is 8.86. The van der Waals surface area contributed by atoms with E-state index < -0.39 is 0 Å². The molecule has 4 aromatic heterocycles. The van der Waals surface area contributed by atoms with Crippen LogP contribution < -0.4 is 5.73 Å². The van der Waals surface area contributed by atoms with E-state index in [2.05, 4.69) is 62.4 Å². The van der Waals surface area contributed by atoms with Crippen molar-refractivity contribution in [1.29, 1.82) is 0 Å². The third kappa shape index (κ3) is 10.2. The minimum absolute atomic E-state index is 0. The van der Waals surface area contributed by atoms with E-state index in [4.69, 9.17) is 5.73 Å². The lowest BCUT2D eigenvalue weighted by Crippen LogP contribution is -1.93. The van der Waals surface area contributed by atoms with Gasteiger partial charge in [0.15, 0.2) is 11.6 Å². The van der Waals surface area contributed by atoms with Gasteiger partial charge in [-0.1, -0.05) is 75.5 Å². The van der Waals surface area contributed by atoms with E-state index in [1.807, 2.05) is 36.4 Å². The fourth-order valence-corrected chi connectivity index (χ4v) is 3.20. The lowest BCUT2D eigenvalue weighted by molar-refractivity contribution is 0.112. The van der Waals surface area contributed by atoms with Crippen molar-refractivity contribution in [3.63, 3.8) is 0 Å². The number of H-pyrrole nitrogens is 2. The minimum atomic E-state index is 0. The Hall–Kier alpha value is -5.65. The van der Waals surface area contributed by atoms with Crippen molar-refractivity contribution in [2.75, 3.05) is 5.73 Å². The zero-order valence-corrected chi connectivity index (χ0v) is 20.8. The lowest BCUT2D eigenvalue weighted by Gasteiger charge is -1.97. The van der Waals surface area contributed by atoms with Gasteiger partial charge < -0.3 is 5.73 Å². The number of carbonyl (C=O) groups excluding carboxylic acids is 1. The fraction of sp³-hybridized carbons (Fsp3) is 0.138. The third-order valence-corrected chi connectivity index (χ3v) is 5.10. The number of aryl methyl sites for hydroxylation is 2. The molecule has 12 nitrogen and oxygen atoms in total. The number of rotatable bonds is 6. The quantitative estimate of drug-likeness (QED) is 0.246. The first-order valence-electron chi connectivity index (χ1n) is 11.9. The molecule has 41 heavy (non-hydrogen) atoms. The zero-order valence-electron chi connectivity index (χ0n) is 20.8. The van der Waals surface area contributed by atoms with Gasteiger partial charge in [-0.3, -0.25) is 15.0 Å². The predicted molar refractivity (Wildman–Crippen MR) is 158 cm³/mol. The first-order valence-corrected chi connectivity index (χ1v) is 11.9. The summed E-state index contributed by atoms with van der Waals surface area (Å²) in [5.41, 5.74) is 8.75. The molecule has 0 spiro atoms. The number of nitrogen functional groups attached to an aromatic ring is 1. The zero-order chi connectivity index (χ0) is 27.1. The van der Waals surface area contributed by atoms with Gasteiger partial charge in [0.2, 0.25) is 5.95 Å². The van der Waals surface area contributed by atoms with Crippen molar-refractivity contribution >= 4 is 12.2 Å². The summed E-state index contributed by atoms with van der Waals surface area (Å²) in [6, 6.07) is 22.9. The summed E-state index contributed by atoms with van der Waals surface area (Å²) < 4.78 is 0. The molecule has 6 aromatic rings. The summed E-state index contributed by atoms with van der Waals surface area (Å²) >= 11 is 0. The van der Waals surface area contributed by atoms with Crippen LogP contribution in [-0.2, 0) is 12.8 Å². The van der Waals surface area contributed by atoms with Gasteiger partial charge in [0, 0.05) is 24.4 Å². The largest absolute Gasteiger partial charge is 0.366 e. The van der Waals surface area contributed by atoms with Crippen LogP contribution >= 0.6 is 0 Å². The number of hydrogen-bond acceptors (Lipinski definition) is 10. The molecule has 0 saturated carbocycles. The SMILES string of the molecule is C.C.Nc1n[nH]c(-c2ccncn2)n1.O=Cc1ccccc1.c1ccc(CCc2nc(-c3ccncn3)n[nH]2)cc1. The summed E-state index contributed by atoms with van der Waals surface area (Å²) in [5.74, 6) is 2.25. The summed E-state index contributed by atoms with van der Waals surface area (Å²) in [6.45, 7) is 0. The number of nitrogens with one attached hydrogen (secondary N) is 2. The monoisotopic (exact) mass is 551 g/mol. The van der Waals surface area contributed by atoms with E-state index >= 15 is 0 Å². The van der Waals surface area contributed by atoms with Crippen LogP contribution in [0.4, 0.5) is 5.95 Å². The third-order valence-electron chi connectivity index (χ3n) is 5.10. The predicted octanol–water partition coefficient (Wildman–Crippen LogP) is 4.66. The Labute approximate surface area is 238 Å². The van der Waals surface area contributed by atoms with E-state index in [1.165, 1.54) is 18.2 Å². The van der Waals surface area contributed by atoms with E-state index in [0.29, 0.717) is 17.3 Å². The van der Waals surface area contributed by atoms with Crippen LogP contribution in [-0.4, -0.2) is 56.6 Å². The van der Waals surface area contributed by atoms with Crippen molar-refractivity contribution in [3.8, 4) is 23.0 Å². The molecule has 0 saturated heterocycles. The molecule has 4 heterocycles. The van der Waals surface area contributed by atoms with Crippen LogP contribution in [0.25, 0.3) is 23.0 Å². The highest BCUT2D eigenvalue weighted by atomic mass is 16.1. The number of aromatic nitrogens is 10. The number of nitrogens with two attached hydrogens (primary N) is 1. The van der Waals surface area contributed by atoms with E-state index in [1.54, 1.807) is 36.7 Å². The van der Waals surface area contributed by atoms with Crippen molar-refractivity contribution < 1.29 is 4.79 Å². The summed E-state index contributed by atoms with van der Waals surface area (Å²) in [4.78, 5) is 34.1. The van der Waals surface area contributed by atoms with Crippen LogP contribution in [0.15, 0.2) is 97.8 Å². The number of nitrogens with zero attached hydrogens (tertiary/aromatic N) is 8. The van der Waals surface area contributed by atoms with Crippen molar-refractivity contribution in [2.45, 2.75) is 27.7 Å². The van der Waals surface area contributed by atoms with Gasteiger partial charge in [0.1, 0.15) is 36.2 Å². The molecule has 0 amide bonds. The Morgan fingerprint density at radius 3 is 1.88 bits per heavy atom. The van der Waals surface area contributed by atoms with Crippen LogP contribution in [0.5, 0.6) is 0 Å². The Kier molecular flexibility index (Phi) is 13.1. The van der Waals surface area contributed by atoms with Gasteiger partial charge in [0.05, 0.1) is 0 Å². The van der Waals surface area contributed by atoms with Crippen LogP contribution in [0.1, 0.15) is 36.6 Å². The molecular formula is C29H33N11O. The second-order valence-corrected chi connectivity index (χ2v) is 7.85. The summed E-state index contributed by atoms with van der Waals surface area (Å²) in [5, 5.41) is 13.4. The first-order chi connectivity index (χ1) is 19.2. The molecule has 4 N–H and O–H groups in total. The smallest absolute Gasteiger partial charge is 0.239 e. The highest BCUT2D eigenvalue weighted by Gasteiger charge is 2.07. The van der Waals surface area contributed by atoms with Gasteiger partial charge in [-0.25, -0.2) is 24.9 Å². The Balaban J connectivity index is 0.000000230. The second kappa shape index (κ2) is 17.0. The number of anilines is 1. The molecular weight excluding hydrogens is 518 g/mol. The minimum Gasteiger partial charge on any atom is -0.366 e. The van der Waals surface area contributed by atoms with Crippen LogP contribution in [0, 0.1) is 0 Å². The number of hydrogen-bond donors (Lipinski definition) is 3. The van der Waals surface area contributed by atoms with E-state index in [0.717, 1.165) is 36.2 Å². The maximum atomic E-state index is 10.0. The van der Waals surface area contributed by atoms with Gasteiger partial charge >= 0.3 is 0 Å². The average molecular weight is 552 g/mol. The first kappa shape index (κ1) is 31.6. The maximum absolute atomic E-state index is 10.0. The topological polar surface area (TPSA) is 178 Å². The molecule has 12 heteroatoms. The molecule has 0 bridgehead atoms. The maximum Gasteiger partial charge on any atom is 0.239 e. The van der Waals surface area contributed by atoms with Crippen molar-refractivity contribution in [1.82, 2.24) is 50.3 Å². The van der Waals surface area contributed by atoms with Gasteiger partial charge in [-0.05, 0) is 24.1 Å². The van der Waals surface area contributed by atoms with Gasteiger partial charge in [0.25, 0.3) is 0 Å². The highest BCUT2D eigenvalue weighted by molar-refractivity contribution is 5.74. The Morgan fingerprint density at radius 2 is 1.34 bits per heavy atom. The number of benzene rings is 2. The van der Waals surface area contributed by atoms with Gasteiger partial charge in [-0.15, -0.1) is 5.10 Å². The second-order valence-electron chi connectivity index (χ2n) is 7.85. The molecule has 0 aliphatic heterocycles. The van der Waals surface area contributed by atoms with Crippen molar-refractivity contribution in [3.05, 3.63) is 115 Å². The molecule has 0 atom stereocenters. The normalized spacial score (nSPS) is 9.46. The standard InChI is InChI=1S/C14H13N5.C7H6O.C6H6N6.2CH4/c1-2-4-11(5-3-1)6-7-13-17-14(19-18-13)12-8-9-15-10-16-12;8-6-7-4-2-1-3-5-7;7-6-10-5(11-12-6)4-1-2-8-3-9-4;;/h1-5,8-10H,6-7H2,(H,17,18,19);1-6H;1-3H,(H3,7,10,11,12);2*1H4. The molecule has 0 radical (unpaired) electrons. The fourth-order valence-electron chi connectivity index (χ4n) is 3.20. The molecule has 2 aromatic carbocycles. The molecule has 6 rings (SSSR count). The van der Waals surface area contributed by atoms with Gasteiger partial charge in [-0.2, -0.15) is 10.1 Å². The molecule has 0 aliphatic carbocycles. The number of carbonyl (C=O) groups is 1. The molecule has 210 valence electrons. The average Bonchev–Trinajstić information content (AvgIpc) is 3.68. The molecule has 0 unspecified atom stereocenters. The van der Waals surface area contributed by atoms with Crippen LogP contribution in [0.3, 0.4) is 0 Å². The van der Waals surface area contributed by atoms with E-state index in [9.17, 15) is 4.79 Å². The Morgan fingerprint density at radius 1 is 0.707 bits per heavy atom. The van der Waals surface area contributed by atoms with E-state index in [-0.39, 0.29) is 20.8 Å². The molecule has 0 aliphatic rings. The summed E-state index contributed by atoms with van der Waals surface area (Å²) in [7, 11) is 0. The number of aromatic amines is 2. The number of aldehydes is 1. The highest BCUT2D eigenvalue weighted by Crippen LogP contribution is 2.11.